The molecule has 0 saturated heterocycles. The van der Waals surface area contributed by atoms with Gasteiger partial charge in [-0.05, 0) is 47.3 Å². The van der Waals surface area contributed by atoms with Crippen molar-refractivity contribution in [3.63, 3.8) is 0 Å². The normalized spacial score (nSPS) is 19.4. The van der Waals surface area contributed by atoms with Gasteiger partial charge in [0.15, 0.2) is 0 Å². The summed E-state index contributed by atoms with van der Waals surface area (Å²) in [7, 11) is -3.49. The molecule has 0 atom stereocenters. The summed E-state index contributed by atoms with van der Waals surface area (Å²) in [5.41, 5.74) is -0.630. The molecule has 1 fully saturated rings. The number of nitrogens with one attached hydrogen (secondary N) is 1. The van der Waals surface area contributed by atoms with Crippen molar-refractivity contribution >= 4 is 37.3 Å². The van der Waals surface area contributed by atoms with Crippen LogP contribution < -0.4 is 4.72 Å². The average Bonchev–Trinajstić information content (AvgIpc) is 2.59. The molecule has 1 aliphatic carbocycles. The molecule has 0 radical (unpaired) electrons. The Morgan fingerprint density at radius 1 is 1.50 bits per heavy atom. The summed E-state index contributed by atoms with van der Waals surface area (Å²) in [4.78, 5) is 0. The molecule has 0 aromatic carbocycles. The van der Waals surface area contributed by atoms with Crippen LogP contribution in [0.1, 0.15) is 19.3 Å². The first-order valence-corrected chi connectivity index (χ1v) is 7.97. The number of aliphatic hydroxyl groups excluding tert-OH is 1. The largest absolute Gasteiger partial charge is 0.394 e. The van der Waals surface area contributed by atoms with E-state index in [1.165, 1.54) is 11.3 Å². The van der Waals surface area contributed by atoms with Crippen LogP contribution in [-0.4, -0.2) is 25.7 Å². The molecule has 0 spiro atoms. The molecule has 1 aliphatic rings. The van der Waals surface area contributed by atoms with Gasteiger partial charge in [0.05, 0.1) is 15.9 Å². The Morgan fingerprint density at radius 3 is 2.56 bits per heavy atom. The lowest BCUT2D eigenvalue weighted by atomic mass is 9.78. The monoisotopic (exact) mass is 325 g/mol. The van der Waals surface area contributed by atoms with E-state index in [1.54, 1.807) is 12.1 Å². The van der Waals surface area contributed by atoms with Gasteiger partial charge in [0.2, 0.25) is 0 Å². The number of rotatable bonds is 4. The predicted octanol–water partition coefficient (Wildman–Crippen LogP) is 1.70. The van der Waals surface area contributed by atoms with E-state index < -0.39 is 15.6 Å². The topological polar surface area (TPSA) is 66.4 Å². The van der Waals surface area contributed by atoms with Gasteiger partial charge in [-0.2, -0.15) is 0 Å². The summed E-state index contributed by atoms with van der Waals surface area (Å²) < 4.78 is 27.6. The van der Waals surface area contributed by atoms with Crippen molar-refractivity contribution in [1.29, 1.82) is 0 Å². The SMILES string of the molecule is O=S(=O)(NC1(CO)CCC1)c1ccc(Br)s1. The Labute approximate surface area is 107 Å². The van der Waals surface area contributed by atoms with Crippen molar-refractivity contribution in [3.8, 4) is 0 Å². The third-order valence-corrected chi connectivity index (χ3v) is 6.47. The van der Waals surface area contributed by atoms with Gasteiger partial charge in [-0.3, -0.25) is 0 Å². The minimum absolute atomic E-state index is 0.140. The number of hydrogen-bond acceptors (Lipinski definition) is 4. The lowest BCUT2D eigenvalue weighted by Crippen LogP contribution is -2.55. The maximum atomic E-state index is 12.0. The van der Waals surface area contributed by atoms with E-state index in [4.69, 9.17) is 0 Å². The van der Waals surface area contributed by atoms with E-state index in [1.807, 2.05) is 0 Å². The average molecular weight is 326 g/mol. The minimum Gasteiger partial charge on any atom is -0.394 e. The van der Waals surface area contributed by atoms with Gasteiger partial charge in [-0.1, -0.05) is 0 Å². The van der Waals surface area contributed by atoms with E-state index in [0.29, 0.717) is 12.8 Å². The molecular weight excluding hydrogens is 314 g/mol. The summed E-state index contributed by atoms with van der Waals surface area (Å²) in [6, 6.07) is 3.26. The Morgan fingerprint density at radius 2 is 2.19 bits per heavy atom. The minimum atomic E-state index is -3.49. The number of halogens is 1. The van der Waals surface area contributed by atoms with Crippen LogP contribution >= 0.6 is 27.3 Å². The van der Waals surface area contributed by atoms with Crippen molar-refractivity contribution in [2.45, 2.75) is 29.0 Å². The fourth-order valence-electron chi connectivity index (χ4n) is 1.67. The zero-order chi connectivity index (χ0) is 11.8. The van der Waals surface area contributed by atoms with Crippen molar-refractivity contribution in [1.82, 2.24) is 4.72 Å². The molecule has 1 saturated carbocycles. The third kappa shape index (κ3) is 2.33. The van der Waals surface area contributed by atoms with Crippen molar-refractivity contribution in [2.24, 2.45) is 0 Å². The van der Waals surface area contributed by atoms with Crippen LogP contribution in [0.25, 0.3) is 0 Å². The third-order valence-electron chi connectivity index (χ3n) is 2.78. The van der Waals surface area contributed by atoms with Crippen LogP contribution in [0.5, 0.6) is 0 Å². The second kappa shape index (κ2) is 4.38. The highest BCUT2D eigenvalue weighted by atomic mass is 79.9. The molecule has 1 heterocycles. The highest BCUT2D eigenvalue weighted by Gasteiger charge is 2.40. The second-order valence-electron chi connectivity index (χ2n) is 3.96. The first-order valence-electron chi connectivity index (χ1n) is 4.88. The molecular formula is C9H12BrNO3S2. The Bertz CT molecular complexity index is 473. The van der Waals surface area contributed by atoms with Crippen molar-refractivity contribution in [3.05, 3.63) is 15.9 Å². The van der Waals surface area contributed by atoms with E-state index in [-0.39, 0.29) is 10.8 Å². The van der Waals surface area contributed by atoms with Gasteiger partial charge in [0.25, 0.3) is 10.0 Å². The molecule has 0 aliphatic heterocycles. The zero-order valence-electron chi connectivity index (χ0n) is 8.44. The van der Waals surface area contributed by atoms with E-state index >= 15 is 0 Å². The maximum Gasteiger partial charge on any atom is 0.250 e. The van der Waals surface area contributed by atoms with Gasteiger partial charge in [0, 0.05) is 0 Å². The Balaban J connectivity index is 2.20. The van der Waals surface area contributed by atoms with Gasteiger partial charge in [-0.15, -0.1) is 11.3 Å². The molecule has 90 valence electrons. The number of hydrogen-bond donors (Lipinski definition) is 2. The summed E-state index contributed by atoms with van der Waals surface area (Å²) >= 11 is 4.39. The molecule has 16 heavy (non-hydrogen) atoms. The van der Waals surface area contributed by atoms with Crippen LogP contribution in [-0.2, 0) is 10.0 Å². The van der Waals surface area contributed by atoms with Gasteiger partial charge >= 0.3 is 0 Å². The smallest absolute Gasteiger partial charge is 0.250 e. The molecule has 2 N–H and O–H groups in total. The van der Waals surface area contributed by atoms with Crippen LogP contribution in [0.3, 0.4) is 0 Å². The first-order chi connectivity index (χ1) is 7.47. The van der Waals surface area contributed by atoms with Gasteiger partial charge < -0.3 is 5.11 Å². The highest BCUT2D eigenvalue weighted by molar-refractivity contribution is 9.11. The zero-order valence-corrected chi connectivity index (χ0v) is 11.7. The Kier molecular flexibility index (Phi) is 3.42. The second-order valence-corrected chi connectivity index (χ2v) is 8.33. The van der Waals surface area contributed by atoms with Gasteiger partial charge in [0.1, 0.15) is 4.21 Å². The van der Waals surface area contributed by atoms with E-state index in [0.717, 1.165) is 10.2 Å². The van der Waals surface area contributed by atoms with Crippen molar-refractivity contribution in [2.75, 3.05) is 6.61 Å². The standard InChI is InChI=1S/C9H12BrNO3S2/c10-7-2-3-8(15-7)16(13,14)11-9(6-12)4-1-5-9/h2-3,11-12H,1,4-6H2. The molecule has 7 heteroatoms. The molecule has 2 rings (SSSR count). The van der Waals surface area contributed by atoms with Crippen LogP contribution in [0.4, 0.5) is 0 Å². The quantitative estimate of drug-likeness (QED) is 0.885. The number of aliphatic hydroxyl groups is 1. The predicted molar refractivity (Wildman–Crippen MR) is 66.0 cm³/mol. The van der Waals surface area contributed by atoms with Gasteiger partial charge in [-0.25, -0.2) is 13.1 Å². The van der Waals surface area contributed by atoms with E-state index in [2.05, 4.69) is 20.7 Å². The first kappa shape index (κ1) is 12.5. The van der Waals surface area contributed by atoms with Crippen LogP contribution in [0, 0.1) is 0 Å². The highest BCUT2D eigenvalue weighted by Crippen LogP contribution is 2.34. The summed E-state index contributed by atoms with van der Waals surface area (Å²) in [6.07, 6.45) is 2.36. The molecule has 1 aromatic rings. The Hall–Kier alpha value is 0.0500. The molecule has 0 amide bonds. The lowest BCUT2D eigenvalue weighted by Gasteiger charge is -2.40. The van der Waals surface area contributed by atoms with E-state index in [9.17, 15) is 13.5 Å². The lowest BCUT2D eigenvalue weighted by molar-refractivity contribution is 0.111. The maximum absolute atomic E-state index is 12.0. The van der Waals surface area contributed by atoms with Crippen molar-refractivity contribution < 1.29 is 13.5 Å². The van der Waals surface area contributed by atoms with Crippen LogP contribution in [0.2, 0.25) is 0 Å². The molecule has 1 aromatic heterocycles. The number of thiophene rings is 1. The number of sulfonamides is 1. The summed E-state index contributed by atoms with van der Waals surface area (Å²) in [5.74, 6) is 0. The fraction of sp³-hybridized carbons (Fsp3) is 0.556. The molecule has 4 nitrogen and oxygen atoms in total. The summed E-state index contributed by atoms with van der Waals surface area (Å²) in [6.45, 7) is -0.140. The molecule has 0 unspecified atom stereocenters. The van der Waals surface area contributed by atoms with Crippen LogP contribution in [0.15, 0.2) is 20.1 Å². The summed E-state index contributed by atoms with van der Waals surface area (Å²) in [5, 5.41) is 9.22. The fourth-order valence-corrected chi connectivity index (χ4v) is 5.13. The molecule has 0 bridgehead atoms.